The van der Waals surface area contributed by atoms with Gasteiger partial charge in [0.2, 0.25) is 18.6 Å². The number of hydrogen-bond acceptors (Lipinski definition) is 5. The molecule has 2 heterocycles. The highest BCUT2D eigenvalue weighted by Crippen LogP contribution is 2.32. The zero-order valence-corrected chi connectivity index (χ0v) is 15.3. The first-order valence-electron chi connectivity index (χ1n) is 9.31. The van der Waals surface area contributed by atoms with Crippen LogP contribution in [0, 0.1) is 0 Å². The van der Waals surface area contributed by atoms with E-state index in [1.165, 1.54) is 0 Å². The second kappa shape index (κ2) is 8.89. The molecule has 0 unspecified atom stereocenters. The molecule has 7 nitrogen and oxygen atoms in total. The van der Waals surface area contributed by atoms with Crippen molar-refractivity contribution >= 4 is 11.8 Å². The van der Waals surface area contributed by atoms with E-state index in [1.54, 1.807) is 0 Å². The third-order valence-electron chi connectivity index (χ3n) is 4.75. The van der Waals surface area contributed by atoms with Crippen LogP contribution in [0.3, 0.4) is 0 Å². The Hall–Kier alpha value is -2.28. The van der Waals surface area contributed by atoms with Crippen molar-refractivity contribution < 1.29 is 19.1 Å². The molecule has 0 radical (unpaired) electrons. The molecule has 1 N–H and O–H groups in total. The highest BCUT2D eigenvalue weighted by atomic mass is 16.7. The molecular weight excluding hydrogens is 334 g/mol. The topological polar surface area (TPSA) is 71.1 Å². The number of amides is 2. The number of aryl methyl sites for hydroxylation is 1. The largest absolute Gasteiger partial charge is 0.454 e. The number of nitrogens with one attached hydrogen (secondary N) is 1. The summed E-state index contributed by atoms with van der Waals surface area (Å²) in [6, 6.07) is 5.83. The van der Waals surface area contributed by atoms with Crippen molar-refractivity contribution in [3.8, 4) is 11.5 Å². The van der Waals surface area contributed by atoms with Crippen LogP contribution in [0.15, 0.2) is 18.2 Å². The Labute approximate surface area is 154 Å². The Morgan fingerprint density at radius 3 is 2.81 bits per heavy atom. The second-order valence-electron chi connectivity index (χ2n) is 6.65. The number of rotatable bonds is 6. The highest BCUT2D eigenvalue weighted by molar-refractivity contribution is 5.78. The third-order valence-corrected chi connectivity index (χ3v) is 4.75. The van der Waals surface area contributed by atoms with Crippen LogP contribution in [0.1, 0.15) is 25.3 Å². The average Bonchev–Trinajstić information content (AvgIpc) is 2.98. The summed E-state index contributed by atoms with van der Waals surface area (Å²) < 4.78 is 10.7. The van der Waals surface area contributed by atoms with Crippen molar-refractivity contribution in [1.29, 1.82) is 0 Å². The fourth-order valence-corrected chi connectivity index (χ4v) is 3.34. The van der Waals surface area contributed by atoms with E-state index in [0.29, 0.717) is 32.5 Å². The lowest BCUT2D eigenvalue weighted by Crippen LogP contribution is -2.40. The predicted molar refractivity (Wildman–Crippen MR) is 97.2 cm³/mol. The van der Waals surface area contributed by atoms with E-state index in [9.17, 15) is 9.59 Å². The highest BCUT2D eigenvalue weighted by Gasteiger charge is 2.20. The number of fused-ring (bicyclic) bond motifs is 1. The second-order valence-corrected chi connectivity index (χ2v) is 6.65. The molecule has 1 aromatic rings. The molecule has 0 aliphatic carbocycles. The van der Waals surface area contributed by atoms with Gasteiger partial charge >= 0.3 is 0 Å². The van der Waals surface area contributed by atoms with Gasteiger partial charge in [-0.1, -0.05) is 6.07 Å². The van der Waals surface area contributed by atoms with Crippen molar-refractivity contribution in [3.63, 3.8) is 0 Å². The van der Waals surface area contributed by atoms with E-state index in [-0.39, 0.29) is 18.6 Å². The first-order valence-corrected chi connectivity index (χ1v) is 9.31. The van der Waals surface area contributed by atoms with Crippen LogP contribution in [-0.2, 0) is 16.0 Å². The van der Waals surface area contributed by atoms with Crippen LogP contribution in [0.5, 0.6) is 11.5 Å². The zero-order chi connectivity index (χ0) is 18.4. The Kier molecular flexibility index (Phi) is 6.33. The summed E-state index contributed by atoms with van der Waals surface area (Å²) in [6.45, 7) is 6.27. The maximum absolute atomic E-state index is 12.6. The number of hydrogen-bond donors (Lipinski definition) is 1. The summed E-state index contributed by atoms with van der Waals surface area (Å²) in [4.78, 5) is 28.3. The SMILES string of the molecule is CCNC(=O)CN1CCCN(C(=O)CCc2ccc3c(c2)OCO3)CC1. The van der Waals surface area contributed by atoms with Crippen molar-refractivity contribution in [2.75, 3.05) is 46.1 Å². The maximum atomic E-state index is 12.6. The van der Waals surface area contributed by atoms with E-state index in [4.69, 9.17) is 9.47 Å². The van der Waals surface area contributed by atoms with Gasteiger partial charge < -0.3 is 19.7 Å². The summed E-state index contributed by atoms with van der Waals surface area (Å²) in [7, 11) is 0. The summed E-state index contributed by atoms with van der Waals surface area (Å²) in [5.74, 6) is 1.74. The molecule has 3 rings (SSSR count). The quantitative estimate of drug-likeness (QED) is 0.819. The fraction of sp³-hybridized carbons (Fsp3) is 0.579. The Morgan fingerprint density at radius 2 is 1.96 bits per heavy atom. The minimum absolute atomic E-state index is 0.0510. The molecule has 2 aliphatic heterocycles. The minimum Gasteiger partial charge on any atom is -0.454 e. The van der Waals surface area contributed by atoms with E-state index in [1.807, 2.05) is 30.0 Å². The molecular formula is C19H27N3O4. The molecule has 1 fully saturated rings. The van der Waals surface area contributed by atoms with Crippen LogP contribution < -0.4 is 14.8 Å². The molecule has 2 aliphatic rings. The fourth-order valence-electron chi connectivity index (χ4n) is 3.34. The third kappa shape index (κ3) is 4.88. The number of carbonyl (C=O) groups excluding carboxylic acids is 2. The van der Waals surface area contributed by atoms with Gasteiger partial charge in [-0.15, -0.1) is 0 Å². The van der Waals surface area contributed by atoms with E-state index in [0.717, 1.165) is 43.1 Å². The van der Waals surface area contributed by atoms with Crippen LogP contribution in [0.4, 0.5) is 0 Å². The number of benzene rings is 1. The van der Waals surface area contributed by atoms with Gasteiger partial charge in [0.15, 0.2) is 11.5 Å². The predicted octanol–water partition coefficient (Wildman–Crippen LogP) is 1.02. The summed E-state index contributed by atoms with van der Waals surface area (Å²) in [6.07, 6.45) is 2.07. The number of likely N-dealkylation sites (N-methyl/N-ethyl adjacent to an activating group) is 1. The molecule has 0 saturated carbocycles. The van der Waals surface area contributed by atoms with Gasteiger partial charge in [-0.05, 0) is 37.5 Å². The zero-order valence-electron chi connectivity index (χ0n) is 15.3. The Morgan fingerprint density at radius 1 is 1.12 bits per heavy atom. The van der Waals surface area contributed by atoms with Crippen molar-refractivity contribution in [2.24, 2.45) is 0 Å². The molecule has 1 saturated heterocycles. The molecule has 2 amide bonds. The number of ether oxygens (including phenoxy) is 2. The minimum atomic E-state index is 0.0510. The lowest BCUT2D eigenvalue weighted by molar-refractivity contribution is -0.131. The lowest BCUT2D eigenvalue weighted by Gasteiger charge is -2.21. The van der Waals surface area contributed by atoms with Crippen LogP contribution in [0.25, 0.3) is 0 Å². The monoisotopic (exact) mass is 361 g/mol. The lowest BCUT2D eigenvalue weighted by atomic mass is 10.1. The van der Waals surface area contributed by atoms with Gasteiger partial charge in [0.1, 0.15) is 0 Å². The molecule has 0 atom stereocenters. The van der Waals surface area contributed by atoms with Gasteiger partial charge in [-0.3, -0.25) is 14.5 Å². The van der Waals surface area contributed by atoms with E-state index in [2.05, 4.69) is 10.2 Å². The first-order chi connectivity index (χ1) is 12.7. The van der Waals surface area contributed by atoms with Crippen LogP contribution in [-0.4, -0.2) is 67.7 Å². The summed E-state index contributed by atoms with van der Waals surface area (Å²) in [5, 5.41) is 2.82. The normalized spacial score (nSPS) is 17.0. The molecule has 0 bridgehead atoms. The summed E-state index contributed by atoms with van der Waals surface area (Å²) >= 11 is 0. The molecule has 0 aromatic heterocycles. The summed E-state index contributed by atoms with van der Waals surface area (Å²) in [5.41, 5.74) is 1.08. The Bertz CT molecular complexity index is 650. The van der Waals surface area contributed by atoms with Gasteiger partial charge in [-0.2, -0.15) is 0 Å². The van der Waals surface area contributed by atoms with Gasteiger partial charge in [0.05, 0.1) is 6.54 Å². The number of carbonyl (C=O) groups is 2. The molecule has 1 aromatic carbocycles. The molecule has 142 valence electrons. The molecule has 0 spiro atoms. The van der Waals surface area contributed by atoms with Crippen molar-refractivity contribution in [1.82, 2.24) is 15.1 Å². The molecule has 26 heavy (non-hydrogen) atoms. The van der Waals surface area contributed by atoms with Crippen LogP contribution >= 0.6 is 0 Å². The van der Waals surface area contributed by atoms with E-state index < -0.39 is 0 Å². The smallest absolute Gasteiger partial charge is 0.234 e. The Balaban J connectivity index is 1.45. The van der Waals surface area contributed by atoms with Gasteiger partial charge in [-0.25, -0.2) is 0 Å². The average molecular weight is 361 g/mol. The standard InChI is InChI=1S/C19H27N3O4/c1-2-20-18(23)13-21-8-3-9-22(11-10-21)19(24)7-5-15-4-6-16-17(12-15)26-14-25-16/h4,6,12H,2-3,5,7-11,13-14H2,1H3,(H,20,23). The van der Waals surface area contributed by atoms with Crippen LogP contribution in [0.2, 0.25) is 0 Å². The van der Waals surface area contributed by atoms with Crippen molar-refractivity contribution in [3.05, 3.63) is 23.8 Å². The first kappa shape index (κ1) is 18.5. The maximum Gasteiger partial charge on any atom is 0.234 e. The van der Waals surface area contributed by atoms with Gasteiger partial charge in [0.25, 0.3) is 0 Å². The number of nitrogens with zero attached hydrogens (tertiary/aromatic N) is 2. The van der Waals surface area contributed by atoms with Crippen molar-refractivity contribution in [2.45, 2.75) is 26.2 Å². The molecule has 7 heteroatoms. The van der Waals surface area contributed by atoms with E-state index >= 15 is 0 Å². The van der Waals surface area contributed by atoms with Gasteiger partial charge in [0, 0.05) is 39.1 Å².